The zero-order chi connectivity index (χ0) is 9.68. The van der Waals surface area contributed by atoms with Crippen LogP contribution in [0.5, 0.6) is 0 Å². The lowest BCUT2D eigenvalue weighted by Crippen LogP contribution is -2.06. The van der Waals surface area contributed by atoms with Crippen molar-refractivity contribution in [3.8, 4) is 0 Å². The normalized spacial score (nSPS) is 9.69. The van der Waals surface area contributed by atoms with Crippen LogP contribution in [0.4, 0.5) is 5.69 Å². The Labute approximate surface area is 79.0 Å². The zero-order valence-corrected chi connectivity index (χ0v) is 8.13. The Hall–Kier alpha value is -1.31. The van der Waals surface area contributed by atoms with E-state index in [9.17, 15) is 4.79 Å². The monoisotopic (exact) mass is 177 g/mol. The maximum atomic E-state index is 10.2. The molecule has 0 aliphatic carbocycles. The van der Waals surface area contributed by atoms with Crippen LogP contribution in [0.2, 0.25) is 0 Å². The number of rotatable bonds is 4. The molecule has 2 heteroatoms. The lowest BCUT2D eigenvalue weighted by molar-refractivity contribution is -0.106. The molecule has 1 aromatic rings. The predicted molar refractivity (Wildman–Crippen MR) is 55.1 cm³/mol. The third-order valence-electron chi connectivity index (χ3n) is 2.10. The minimum Gasteiger partial charge on any atom is -0.378 e. The summed E-state index contributed by atoms with van der Waals surface area (Å²) in [4.78, 5) is 10.2. The Bertz CT molecular complexity index is 294. The lowest BCUT2D eigenvalue weighted by atomic mass is 10.1. The summed E-state index contributed by atoms with van der Waals surface area (Å²) in [6, 6.07) is 6.17. The summed E-state index contributed by atoms with van der Waals surface area (Å²) >= 11 is 0. The van der Waals surface area contributed by atoms with Gasteiger partial charge < -0.3 is 10.1 Å². The first kappa shape index (κ1) is 9.78. The molecule has 0 saturated heterocycles. The maximum Gasteiger partial charge on any atom is 0.139 e. The van der Waals surface area contributed by atoms with Gasteiger partial charge in [-0.05, 0) is 24.5 Å². The van der Waals surface area contributed by atoms with Gasteiger partial charge in [0.2, 0.25) is 0 Å². The highest BCUT2D eigenvalue weighted by atomic mass is 16.1. The molecule has 0 atom stereocenters. The number of para-hydroxylation sites is 1. The van der Waals surface area contributed by atoms with Gasteiger partial charge in [0.25, 0.3) is 0 Å². The molecule has 1 rings (SSSR count). The molecular formula is C11H15NO. The molecular weight excluding hydrogens is 162 g/mol. The van der Waals surface area contributed by atoms with Gasteiger partial charge >= 0.3 is 0 Å². The third kappa shape index (κ3) is 2.31. The minimum atomic E-state index is 0.387. The van der Waals surface area contributed by atoms with Gasteiger partial charge in [-0.25, -0.2) is 0 Å². The Morgan fingerprint density at radius 3 is 2.85 bits per heavy atom. The van der Waals surface area contributed by atoms with Crippen LogP contribution < -0.4 is 5.32 Å². The smallest absolute Gasteiger partial charge is 0.139 e. The van der Waals surface area contributed by atoms with Gasteiger partial charge in [-0.2, -0.15) is 0 Å². The quantitative estimate of drug-likeness (QED) is 0.714. The molecule has 0 saturated carbocycles. The number of hydrogen-bond donors (Lipinski definition) is 1. The van der Waals surface area contributed by atoms with E-state index >= 15 is 0 Å². The van der Waals surface area contributed by atoms with Crippen molar-refractivity contribution in [3.63, 3.8) is 0 Å². The highest BCUT2D eigenvalue weighted by Crippen LogP contribution is 2.20. The van der Waals surface area contributed by atoms with Crippen LogP contribution in [-0.4, -0.2) is 12.8 Å². The van der Waals surface area contributed by atoms with Gasteiger partial charge in [-0.3, -0.25) is 0 Å². The molecule has 0 amide bonds. The highest BCUT2D eigenvalue weighted by Gasteiger charge is 2.01. The van der Waals surface area contributed by atoms with Gasteiger partial charge in [0, 0.05) is 5.69 Å². The fourth-order valence-corrected chi connectivity index (χ4v) is 1.42. The standard InChI is InChI=1S/C11H15NO/c1-3-10-6-4-5-9(2)11(10)12-7-8-13/h4-6,8,12H,3,7H2,1-2H3. The van der Waals surface area contributed by atoms with E-state index < -0.39 is 0 Å². The molecule has 70 valence electrons. The Kier molecular flexibility index (Phi) is 3.50. The SMILES string of the molecule is CCc1cccc(C)c1NCC=O. The predicted octanol–water partition coefficient (Wildman–Crippen LogP) is 2.17. The number of aryl methyl sites for hydroxylation is 2. The average molecular weight is 177 g/mol. The number of benzene rings is 1. The largest absolute Gasteiger partial charge is 0.378 e. The van der Waals surface area contributed by atoms with E-state index in [0.717, 1.165) is 18.4 Å². The van der Waals surface area contributed by atoms with Crippen LogP contribution in [0.15, 0.2) is 18.2 Å². The van der Waals surface area contributed by atoms with E-state index in [0.29, 0.717) is 6.54 Å². The molecule has 13 heavy (non-hydrogen) atoms. The summed E-state index contributed by atoms with van der Waals surface area (Å²) < 4.78 is 0. The second kappa shape index (κ2) is 4.65. The first-order valence-corrected chi connectivity index (χ1v) is 4.55. The van der Waals surface area contributed by atoms with Crippen molar-refractivity contribution >= 4 is 12.0 Å². The van der Waals surface area contributed by atoms with Crippen molar-refractivity contribution in [2.45, 2.75) is 20.3 Å². The van der Waals surface area contributed by atoms with Gasteiger partial charge in [-0.1, -0.05) is 25.1 Å². The lowest BCUT2D eigenvalue weighted by Gasteiger charge is -2.11. The third-order valence-corrected chi connectivity index (χ3v) is 2.10. The van der Waals surface area contributed by atoms with E-state index in [1.54, 1.807) is 0 Å². The topological polar surface area (TPSA) is 29.1 Å². The Morgan fingerprint density at radius 2 is 2.23 bits per heavy atom. The van der Waals surface area contributed by atoms with Gasteiger partial charge in [-0.15, -0.1) is 0 Å². The summed E-state index contributed by atoms with van der Waals surface area (Å²) in [7, 11) is 0. The van der Waals surface area contributed by atoms with E-state index in [-0.39, 0.29) is 0 Å². The molecule has 0 spiro atoms. The number of nitrogens with one attached hydrogen (secondary N) is 1. The first-order valence-electron chi connectivity index (χ1n) is 4.55. The van der Waals surface area contributed by atoms with Gasteiger partial charge in [0.1, 0.15) is 6.29 Å². The second-order valence-corrected chi connectivity index (χ2v) is 3.01. The van der Waals surface area contributed by atoms with Crippen molar-refractivity contribution in [2.75, 3.05) is 11.9 Å². The van der Waals surface area contributed by atoms with Crippen molar-refractivity contribution in [2.24, 2.45) is 0 Å². The number of hydrogen-bond acceptors (Lipinski definition) is 2. The summed E-state index contributed by atoms with van der Waals surface area (Å²) in [6.07, 6.45) is 1.87. The Balaban J connectivity index is 2.93. The van der Waals surface area contributed by atoms with Crippen LogP contribution in [0.1, 0.15) is 18.1 Å². The second-order valence-electron chi connectivity index (χ2n) is 3.01. The maximum absolute atomic E-state index is 10.2. The van der Waals surface area contributed by atoms with E-state index in [1.807, 2.05) is 19.1 Å². The molecule has 0 radical (unpaired) electrons. The molecule has 0 heterocycles. The molecule has 0 fully saturated rings. The van der Waals surface area contributed by atoms with E-state index in [1.165, 1.54) is 11.1 Å². The van der Waals surface area contributed by atoms with Crippen LogP contribution in [0.3, 0.4) is 0 Å². The summed E-state index contributed by atoms with van der Waals surface area (Å²) in [5.74, 6) is 0. The van der Waals surface area contributed by atoms with Crippen molar-refractivity contribution < 1.29 is 4.79 Å². The molecule has 1 N–H and O–H groups in total. The van der Waals surface area contributed by atoms with Crippen molar-refractivity contribution in [3.05, 3.63) is 29.3 Å². The molecule has 0 aromatic heterocycles. The average Bonchev–Trinajstić information content (AvgIpc) is 2.15. The fraction of sp³-hybridized carbons (Fsp3) is 0.364. The number of carbonyl (C=O) groups excluding carboxylic acids is 1. The highest BCUT2D eigenvalue weighted by molar-refractivity contribution is 5.64. The van der Waals surface area contributed by atoms with Crippen molar-refractivity contribution in [1.82, 2.24) is 0 Å². The number of aldehydes is 1. The van der Waals surface area contributed by atoms with Crippen LogP contribution >= 0.6 is 0 Å². The number of anilines is 1. The molecule has 1 aromatic carbocycles. The molecule has 0 bridgehead atoms. The summed E-state index contributed by atoms with van der Waals surface area (Å²) in [6.45, 7) is 4.55. The summed E-state index contributed by atoms with van der Waals surface area (Å²) in [5.41, 5.74) is 3.57. The fourth-order valence-electron chi connectivity index (χ4n) is 1.42. The number of carbonyl (C=O) groups is 1. The molecule has 2 nitrogen and oxygen atoms in total. The van der Waals surface area contributed by atoms with Crippen LogP contribution in [0.25, 0.3) is 0 Å². The zero-order valence-electron chi connectivity index (χ0n) is 8.13. The van der Waals surface area contributed by atoms with E-state index in [4.69, 9.17) is 0 Å². The molecule has 0 unspecified atom stereocenters. The van der Waals surface area contributed by atoms with Gasteiger partial charge in [0.05, 0.1) is 6.54 Å². The van der Waals surface area contributed by atoms with Crippen molar-refractivity contribution in [1.29, 1.82) is 0 Å². The molecule has 0 aliphatic rings. The van der Waals surface area contributed by atoms with E-state index in [2.05, 4.69) is 18.3 Å². The molecule has 0 aliphatic heterocycles. The summed E-state index contributed by atoms with van der Waals surface area (Å²) in [5, 5.41) is 3.11. The van der Waals surface area contributed by atoms with Gasteiger partial charge in [0.15, 0.2) is 0 Å². The minimum absolute atomic E-state index is 0.387. The first-order chi connectivity index (χ1) is 6.29. The van der Waals surface area contributed by atoms with Crippen LogP contribution in [-0.2, 0) is 11.2 Å². The Morgan fingerprint density at radius 1 is 1.46 bits per heavy atom. The van der Waals surface area contributed by atoms with Crippen LogP contribution in [0, 0.1) is 6.92 Å².